The van der Waals surface area contributed by atoms with Gasteiger partial charge in [0.1, 0.15) is 0 Å². The van der Waals surface area contributed by atoms with E-state index in [4.69, 9.17) is 4.74 Å². The maximum absolute atomic E-state index is 12.6. The standard InChI is InChI=1S/C14H22N2O4/c1-9-5-15(7-12(8-17)20-9)14(19)10-4-13(18)16(6-10)11-2-3-11/h9-12,17H,2-8H2,1H3. The second-order valence-corrected chi connectivity index (χ2v) is 6.17. The smallest absolute Gasteiger partial charge is 0.228 e. The first kappa shape index (κ1) is 13.8. The maximum atomic E-state index is 12.6. The van der Waals surface area contributed by atoms with Gasteiger partial charge >= 0.3 is 0 Å². The normalized spacial score (nSPS) is 34.7. The highest BCUT2D eigenvalue weighted by Gasteiger charge is 2.43. The van der Waals surface area contributed by atoms with Gasteiger partial charge in [-0.15, -0.1) is 0 Å². The third-order valence-electron chi connectivity index (χ3n) is 4.34. The zero-order valence-electron chi connectivity index (χ0n) is 11.8. The summed E-state index contributed by atoms with van der Waals surface area (Å²) < 4.78 is 5.55. The quantitative estimate of drug-likeness (QED) is 0.765. The van der Waals surface area contributed by atoms with Crippen LogP contribution in [0.5, 0.6) is 0 Å². The molecule has 3 fully saturated rings. The molecule has 0 radical (unpaired) electrons. The molecule has 1 aliphatic carbocycles. The molecule has 6 heteroatoms. The number of ether oxygens (including phenoxy) is 1. The lowest BCUT2D eigenvalue weighted by Crippen LogP contribution is -2.52. The first-order valence-electron chi connectivity index (χ1n) is 7.43. The molecule has 20 heavy (non-hydrogen) atoms. The second kappa shape index (κ2) is 5.33. The fourth-order valence-corrected chi connectivity index (χ4v) is 3.22. The fraction of sp³-hybridized carbons (Fsp3) is 0.857. The Bertz CT molecular complexity index is 410. The van der Waals surface area contributed by atoms with Crippen molar-refractivity contribution in [3.05, 3.63) is 0 Å². The SMILES string of the molecule is CC1CN(C(=O)C2CC(=O)N(C3CC3)C2)CC(CO)O1. The minimum Gasteiger partial charge on any atom is -0.394 e. The van der Waals surface area contributed by atoms with Gasteiger partial charge in [-0.3, -0.25) is 9.59 Å². The van der Waals surface area contributed by atoms with Gasteiger partial charge in [0.15, 0.2) is 0 Å². The molecular weight excluding hydrogens is 260 g/mol. The van der Waals surface area contributed by atoms with Crippen molar-refractivity contribution in [1.29, 1.82) is 0 Å². The summed E-state index contributed by atoms with van der Waals surface area (Å²) >= 11 is 0. The highest BCUT2D eigenvalue weighted by atomic mass is 16.5. The van der Waals surface area contributed by atoms with Gasteiger partial charge in [0.25, 0.3) is 0 Å². The minimum atomic E-state index is -0.306. The van der Waals surface area contributed by atoms with Crippen LogP contribution in [0.4, 0.5) is 0 Å². The Hall–Kier alpha value is -1.14. The van der Waals surface area contributed by atoms with Gasteiger partial charge in [-0.25, -0.2) is 0 Å². The zero-order valence-corrected chi connectivity index (χ0v) is 11.8. The van der Waals surface area contributed by atoms with Crippen molar-refractivity contribution in [2.75, 3.05) is 26.2 Å². The first-order chi connectivity index (χ1) is 9.58. The van der Waals surface area contributed by atoms with Crippen LogP contribution in [-0.4, -0.2) is 71.2 Å². The molecule has 112 valence electrons. The Morgan fingerprint density at radius 1 is 1.35 bits per heavy atom. The van der Waals surface area contributed by atoms with E-state index < -0.39 is 0 Å². The van der Waals surface area contributed by atoms with Gasteiger partial charge in [-0.2, -0.15) is 0 Å². The fourth-order valence-electron chi connectivity index (χ4n) is 3.22. The minimum absolute atomic E-state index is 0.0371. The molecule has 3 atom stereocenters. The topological polar surface area (TPSA) is 70.1 Å². The molecule has 0 aromatic carbocycles. The van der Waals surface area contributed by atoms with Gasteiger partial charge < -0.3 is 19.6 Å². The van der Waals surface area contributed by atoms with Crippen LogP contribution in [0, 0.1) is 5.92 Å². The van der Waals surface area contributed by atoms with Crippen molar-refractivity contribution in [3.8, 4) is 0 Å². The predicted molar refractivity (Wildman–Crippen MR) is 70.8 cm³/mol. The van der Waals surface area contributed by atoms with Gasteiger partial charge in [0.05, 0.1) is 24.7 Å². The molecule has 0 aromatic rings. The maximum Gasteiger partial charge on any atom is 0.228 e. The number of aliphatic hydroxyl groups is 1. The number of morpholine rings is 1. The summed E-state index contributed by atoms with van der Waals surface area (Å²) in [6.45, 7) is 3.36. The summed E-state index contributed by atoms with van der Waals surface area (Å²) in [6, 6.07) is 0.383. The van der Waals surface area contributed by atoms with E-state index in [2.05, 4.69) is 0 Å². The number of hydrogen-bond donors (Lipinski definition) is 1. The lowest BCUT2D eigenvalue weighted by atomic mass is 10.1. The van der Waals surface area contributed by atoms with Crippen molar-refractivity contribution >= 4 is 11.8 Å². The van der Waals surface area contributed by atoms with Crippen molar-refractivity contribution in [2.45, 2.75) is 44.4 Å². The monoisotopic (exact) mass is 282 g/mol. The first-order valence-corrected chi connectivity index (χ1v) is 7.43. The predicted octanol–water partition coefficient (Wildman–Crippen LogP) is -0.394. The van der Waals surface area contributed by atoms with E-state index in [9.17, 15) is 14.7 Å². The van der Waals surface area contributed by atoms with Gasteiger partial charge in [-0.05, 0) is 19.8 Å². The van der Waals surface area contributed by atoms with E-state index in [1.54, 1.807) is 4.90 Å². The van der Waals surface area contributed by atoms with Crippen molar-refractivity contribution in [2.24, 2.45) is 5.92 Å². The largest absolute Gasteiger partial charge is 0.394 e. The summed E-state index contributed by atoms with van der Waals surface area (Å²) in [5.74, 6) is -0.0614. The molecule has 0 spiro atoms. The van der Waals surface area contributed by atoms with Crippen molar-refractivity contribution in [3.63, 3.8) is 0 Å². The summed E-state index contributed by atoms with van der Waals surface area (Å²) in [4.78, 5) is 28.1. The van der Waals surface area contributed by atoms with E-state index in [-0.39, 0.29) is 36.5 Å². The van der Waals surface area contributed by atoms with Gasteiger partial charge in [0, 0.05) is 32.1 Å². The van der Waals surface area contributed by atoms with Crippen molar-refractivity contribution in [1.82, 2.24) is 9.80 Å². The summed E-state index contributed by atoms with van der Waals surface area (Å²) in [6.07, 6.45) is 2.12. The van der Waals surface area contributed by atoms with Crippen LogP contribution in [0.25, 0.3) is 0 Å². The van der Waals surface area contributed by atoms with E-state index >= 15 is 0 Å². The Morgan fingerprint density at radius 2 is 2.10 bits per heavy atom. The third kappa shape index (κ3) is 2.67. The molecule has 3 rings (SSSR count). The van der Waals surface area contributed by atoms with Crippen LogP contribution < -0.4 is 0 Å². The Labute approximate surface area is 118 Å². The molecule has 2 aliphatic heterocycles. The molecule has 2 amide bonds. The highest BCUT2D eigenvalue weighted by molar-refractivity contribution is 5.89. The van der Waals surface area contributed by atoms with Crippen molar-refractivity contribution < 1.29 is 19.4 Å². The number of likely N-dealkylation sites (tertiary alicyclic amines) is 1. The molecule has 1 saturated carbocycles. The molecule has 6 nitrogen and oxygen atoms in total. The highest BCUT2D eigenvalue weighted by Crippen LogP contribution is 2.33. The van der Waals surface area contributed by atoms with Crippen LogP contribution >= 0.6 is 0 Å². The summed E-state index contributed by atoms with van der Waals surface area (Å²) in [5.41, 5.74) is 0. The lowest BCUT2D eigenvalue weighted by Gasteiger charge is -2.37. The Morgan fingerprint density at radius 3 is 2.75 bits per heavy atom. The van der Waals surface area contributed by atoms with E-state index in [1.807, 2.05) is 11.8 Å². The molecule has 1 N–H and O–H groups in total. The van der Waals surface area contributed by atoms with E-state index in [0.29, 0.717) is 32.1 Å². The molecule has 3 aliphatic rings. The molecule has 0 aromatic heterocycles. The average Bonchev–Trinajstić information content (AvgIpc) is 3.20. The van der Waals surface area contributed by atoms with Crippen LogP contribution in [0.1, 0.15) is 26.2 Å². The summed E-state index contributed by atoms with van der Waals surface area (Å²) in [7, 11) is 0. The summed E-state index contributed by atoms with van der Waals surface area (Å²) in [5, 5.41) is 9.21. The third-order valence-corrected chi connectivity index (χ3v) is 4.34. The lowest BCUT2D eigenvalue weighted by molar-refractivity contribution is -0.151. The van der Waals surface area contributed by atoms with Crippen LogP contribution in [0.2, 0.25) is 0 Å². The number of nitrogens with zero attached hydrogens (tertiary/aromatic N) is 2. The van der Waals surface area contributed by atoms with E-state index in [1.165, 1.54) is 0 Å². The second-order valence-electron chi connectivity index (χ2n) is 6.17. The molecular formula is C14H22N2O4. The number of aliphatic hydroxyl groups excluding tert-OH is 1. The number of carbonyl (C=O) groups excluding carboxylic acids is 2. The number of hydrogen-bond acceptors (Lipinski definition) is 4. The van der Waals surface area contributed by atoms with Gasteiger partial charge in [0.2, 0.25) is 11.8 Å². The van der Waals surface area contributed by atoms with E-state index in [0.717, 1.165) is 12.8 Å². The number of rotatable bonds is 3. The van der Waals surface area contributed by atoms with Crippen LogP contribution in [0.3, 0.4) is 0 Å². The average molecular weight is 282 g/mol. The molecule has 2 heterocycles. The zero-order chi connectivity index (χ0) is 14.3. The van der Waals surface area contributed by atoms with Crippen LogP contribution in [-0.2, 0) is 14.3 Å². The Kier molecular flexibility index (Phi) is 3.69. The number of amides is 2. The van der Waals surface area contributed by atoms with Gasteiger partial charge in [-0.1, -0.05) is 0 Å². The van der Waals surface area contributed by atoms with Crippen LogP contribution in [0.15, 0.2) is 0 Å². The number of carbonyl (C=O) groups is 2. The molecule has 3 unspecified atom stereocenters. The molecule has 0 bridgehead atoms. The molecule has 2 saturated heterocycles. The Balaban J connectivity index is 1.62.